The molecule has 0 spiro atoms. The summed E-state index contributed by atoms with van der Waals surface area (Å²) in [4.78, 5) is 16.3. The Morgan fingerprint density at radius 1 is 1.05 bits per heavy atom. The highest BCUT2D eigenvalue weighted by molar-refractivity contribution is 8.93. The Balaban J connectivity index is 0.00000180. The summed E-state index contributed by atoms with van der Waals surface area (Å²) >= 11 is 5.71. The molecule has 0 unspecified atom stereocenters. The second-order valence-electron chi connectivity index (χ2n) is 4.32. The van der Waals surface area contributed by atoms with E-state index in [1.54, 1.807) is 12.1 Å². The van der Waals surface area contributed by atoms with Crippen molar-refractivity contribution >= 4 is 45.6 Å². The number of rotatable bonds is 4. The molecule has 2 aromatic rings. The summed E-state index contributed by atoms with van der Waals surface area (Å²) in [5.41, 5.74) is 1.82. The largest absolute Gasteiger partial charge is 0.313 e. The zero-order chi connectivity index (χ0) is 13.0. The molecule has 0 atom stereocenters. The van der Waals surface area contributed by atoms with Gasteiger partial charge in [-0.15, -0.1) is 34.0 Å². The van der Waals surface area contributed by atoms with E-state index in [1.165, 1.54) is 5.56 Å². The summed E-state index contributed by atoms with van der Waals surface area (Å²) in [5.74, 6) is 0. The summed E-state index contributed by atoms with van der Waals surface area (Å²) in [6, 6.07) is 13.6. The number of benzene rings is 1. The van der Waals surface area contributed by atoms with E-state index in [0.717, 1.165) is 12.1 Å². The van der Waals surface area contributed by atoms with Crippen molar-refractivity contribution in [2.45, 2.75) is 13.1 Å². The maximum Gasteiger partial charge on any atom is 0.253 e. The highest BCUT2D eigenvalue weighted by Crippen LogP contribution is 2.07. The van der Waals surface area contributed by atoms with Gasteiger partial charge in [0.15, 0.2) is 0 Å². The SMILES string of the molecule is Br.Br.CN(Cc1ccccc1)Cc1ccc(Cl)[nH]c1=O. The average molecular weight is 425 g/mol. The van der Waals surface area contributed by atoms with Crippen LogP contribution in [-0.4, -0.2) is 16.9 Å². The number of H-pyrrole nitrogens is 1. The first-order valence-corrected chi connectivity index (χ1v) is 6.13. The Morgan fingerprint density at radius 3 is 2.30 bits per heavy atom. The molecule has 0 radical (unpaired) electrons. The van der Waals surface area contributed by atoms with Gasteiger partial charge in [-0.25, -0.2) is 0 Å². The van der Waals surface area contributed by atoms with Crippen molar-refractivity contribution in [3.05, 3.63) is 69.1 Å². The number of nitrogens with zero attached hydrogens (tertiary/aromatic N) is 1. The Bertz CT molecular complexity index is 575. The van der Waals surface area contributed by atoms with Gasteiger partial charge in [0.25, 0.3) is 5.56 Å². The van der Waals surface area contributed by atoms with Crippen molar-refractivity contribution in [2.24, 2.45) is 0 Å². The average Bonchev–Trinajstić information content (AvgIpc) is 2.34. The third-order valence-corrected chi connectivity index (χ3v) is 2.91. The zero-order valence-electron chi connectivity index (χ0n) is 11.0. The molecule has 0 amide bonds. The fourth-order valence-electron chi connectivity index (χ4n) is 1.85. The van der Waals surface area contributed by atoms with Crippen molar-refractivity contribution in [1.82, 2.24) is 9.88 Å². The summed E-state index contributed by atoms with van der Waals surface area (Å²) in [7, 11) is 1.99. The molecule has 1 aromatic carbocycles. The molecule has 1 aromatic heterocycles. The molecule has 0 fully saturated rings. The second kappa shape index (κ2) is 9.34. The number of halogens is 3. The van der Waals surface area contributed by atoms with E-state index < -0.39 is 0 Å². The lowest BCUT2D eigenvalue weighted by Gasteiger charge is -2.16. The van der Waals surface area contributed by atoms with Crippen molar-refractivity contribution in [1.29, 1.82) is 0 Å². The number of pyridine rings is 1. The highest BCUT2D eigenvalue weighted by atomic mass is 79.9. The fraction of sp³-hybridized carbons (Fsp3) is 0.214. The standard InChI is InChI=1S/C14H15ClN2O.2BrH/c1-17(9-11-5-3-2-4-6-11)10-12-7-8-13(15)16-14(12)18;;/h2-8H,9-10H2,1H3,(H,16,18);2*1H. The van der Waals surface area contributed by atoms with Crippen molar-refractivity contribution in [2.75, 3.05) is 7.05 Å². The van der Waals surface area contributed by atoms with E-state index >= 15 is 0 Å². The van der Waals surface area contributed by atoms with Gasteiger partial charge in [-0.2, -0.15) is 0 Å². The monoisotopic (exact) mass is 422 g/mol. The fourth-order valence-corrected chi connectivity index (χ4v) is 1.99. The number of aromatic nitrogens is 1. The van der Waals surface area contributed by atoms with Gasteiger partial charge in [0.05, 0.1) is 0 Å². The Labute approximate surface area is 144 Å². The number of hydrogen-bond acceptors (Lipinski definition) is 2. The number of aromatic amines is 1. The number of hydrogen-bond donors (Lipinski definition) is 1. The van der Waals surface area contributed by atoms with Crippen LogP contribution in [0.3, 0.4) is 0 Å². The second-order valence-corrected chi connectivity index (χ2v) is 4.73. The molecule has 3 nitrogen and oxygen atoms in total. The molecule has 0 aliphatic carbocycles. The zero-order valence-corrected chi connectivity index (χ0v) is 15.2. The van der Waals surface area contributed by atoms with Gasteiger partial charge in [-0.05, 0) is 24.7 Å². The molecule has 0 saturated heterocycles. The maximum atomic E-state index is 11.7. The summed E-state index contributed by atoms with van der Waals surface area (Å²) in [5, 5.41) is 0.370. The van der Waals surface area contributed by atoms with Crippen LogP contribution in [-0.2, 0) is 13.1 Å². The van der Waals surface area contributed by atoms with Gasteiger partial charge in [0.1, 0.15) is 5.15 Å². The van der Waals surface area contributed by atoms with Crippen LogP contribution in [0.4, 0.5) is 0 Å². The Hall–Kier alpha value is -0.620. The topological polar surface area (TPSA) is 36.1 Å². The minimum atomic E-state index is -0.123. The van der Waals surface area contributed by atoms with Crippen LogP contribution in [0.15, 0.2) is 47.3 Å². The summed E-state index contributed by atoms with van der Waals surface area (Å²) in [6.45, 7) is 1.41. The molecule has 110 valence electrons. The smallest absolute Gasteiger partial charge is 0.253 e. The normalized spacial score (nSPS) is 9.75. The third-order valence-electron chi connectivity index (χ3n) is 2.69. The molecular formula is C14H17Br2ClN2O. The van der Waals surface area contributed by atoms with Crippen molar-refractivity contribution in [3.8, 4) is 0 Å². The lowest BCUT2D eigenvalue weighted by atomic mass is 10.2. The van der Waals surface area contributed by atoms with Gasteiger partial charge in [0, 0.05) is 18.7 Å². The van der Waals surface area contributed by atoms with Crippen LogP contribution in [0.25, 0.3) is 0 Å². The van der Waals surface area contributed by atoms with E-state index in [1.807, 2.05) is 25.2 Å². The Kier molecular flexibility index (Phi) is 9.05. The van der Waals surface area contributed by atoms with Crippen molar-refractivity contribution < 1.29 is 0 Å². The Morgan fingerprint density at radius 2 is 1.70 bits per heavy atom. The van der Waals surface area contributed by atoms with E-state index in [2.05, 4.69) is 22.0 Å². The van der Waals surface area contributed by atoms with Crippen LogP contribution in [0.2, 0.25) is 5.15 Å². The van der Waals surface area contributed by atoms with Gasteiger partial charge < -0.3 is 4.98 Å². The van der Waals surface area contributed by atoms with E-state index in [-0.39, 0.29) is 39.5 Å². The molecule has 6 heteroatoms. The highest BCUT2D eigenvalue weighted by Gasteiger charge is 2.05. The molecule has 0 aliphatic heterocycles. The van der Waals surface area contributed by atoms with Gasteiger partial charge >= 0.3 is 0 Å². The van der Waals surface area contributed by atoms with E-state index in [4.69, 9.17) is 11.6 Å². The van der Waals surface area contributed by atoms with Gasteiger partial charge in [0.2, 0.25) is 0 Å². The minimum Gasteiger partial charge on any atom is -0.313 e. The molecule has 0 bridgehead atoms. The first-order valence-electron chi connectivity index (χ1n) is 5.75. The quantitative estimate of drug-likeness (QED) is 0.758. The van der Waals surface area contributed by atoms with Gasteiger partial charge in [-0.1, -0.05) is 41.9 Å². The maximum absolute atomic E-state index is 11.7. The van der Waals surface area contributed by atoms with Crippen LogP contribution >= 0.6 is 45.6 Å². The molecule has 1 heterocycles. The minimum absolute atomic E-state index is 0. The summed E-state index contributed by atoms with van der Waals surface area (Å²) in [6.07, 6.45) is 0. The summed E-state index contributed by atoms with van der Waals surface area (Å²) < 4.78 is 0. The van der Waals surface area contributed by atoms with E-state index in [9.17, 15) is 4.79 Å². The number of nitrogens with one attached hydrogen (secondary N) is 1. The van der Waals surface area contributed by atoms with Crippen molar-refractivity contribution in [3.63, 3.8) is 0 Å². The van der Waals surface area contributed by atoms with E-state index in [0.29, 0.717) is 11.7 Å². The molecule has 0 aliphatic rings. The lowest BCUT2D eigenvalue weighted by Crippen LogP contribution is -2.23. The lowest BCUT2D eigenvalue weighted by molar-refractivity contribution is 0.317. The predicted octanol–water partition coefficient (Wildman–Crippen LogP) is 3.82. The van der Waals surface area contributed by atoms with Crippen LogP contribution < -0.4 is 5.56 Å². The molecule has 20 heavy (non-hydrogen) atoms. The third kappa shape index (κ3) is 5.79. The molecule has 2 rings (SSSR count). The molecular weight excluding hydrogens is 407 g/mol. The van der Waals surface area contributed by atoms with Crippen LogP contribution in [0.5, 0.6) is 0 Å². The van der Waals surface area contributed by atoms with Gasteiger partial charge in [-0.3, -0.25) is 9.69 Å². The first-order chi connectivity index (χ1) is 8.65. The molecule has 1 N–H and O–H groups in total. The van der Waals surface area contributed by atoms with Crippen LogP contribution in [0.1, 0.15) is 11.1 Å². The first kappa shape index (κ1) is 19.4. The molecule has 0 saturated carbocycles. The van der Waals surface area contributed by atoms with Crippen LogP contribution in [0, 0.1) is 0 Å². The predicted molar refractivity (Wildman–Crippen MR) is 94.3 cm³/mol.